The summed E-state index contributed by atoms with van der Waals surface area (Å²) < 4.78 is 27.6. The smallest absolute Gasteiger partial charge is 0.269 e. The molecule has 2 unspecified atom stereocenters. The van der Waals surface area contributed by atoms with E-state index in [9.17, 15) is 23.6 Å². The van der Waals surface area contributed by atoms with E-state index in [1.165, 1.54) is 12.3 Å². The van der Waals surface area contributed by atoms with Gasteiger partial charge in [-0.15, -0.1) is 0 Å². The van der Waals surface area contributed by atoms with Gasteiger partial charge in [-0.1, -0.05) is 48.6 Å². The number of nitro groups is 1. The summed E-state index contributed by atoms with van der Waals surface area (Å²) in [6, 6.07) is 15.2. The number of anilines is 2. The van der Waals surface area contributed by atoms with E-state index in [4.69, 9.17) is 0 Å². The molecule has 0 saturated heterocycles. The minimum absolute atomic E-state index is 0.00508. The van der Waals surface area contributed by atoms with Gasteiger partial charge < -0.3 is 10.4 Å². The van der Waals surface area contributed by atoms with Crippen LogP contribution in [0.4, 0.5) is 17.5 Å². The van der Waals surface area contributed by atoms with Crippen molar-refractivity contribution < 1.29 is 18.4 Å². The monoisotopic (exact) mass is 493 g/mol. The normalized spacial score (nSPS) is 18.4. The van der Waals surface area contributed by atoms with Crippen LogP contribution in [0.15, 0.2) is 90.0 Å². The summed E-state index contributed by atoms with van der Waals surface area (Å²) in [5.74, 6) is 0.131. The van der Waals surface area contributed by atoms with Crippen LogP contribution in [-0.4, -0.2) is 40.1 Å². The molecule has 1 heterocycles. The number of aliphatic hydroxyl groups is 1. The van der Waals surface area contributed by atoms with Crippen molar-refractivity contribution in [1.82, 2.24) is 9.97 Å². The third-order valence-corrected chi connectivity index (χ3v) is 7.03. The molecule has 180 valence electrons. The standard InChI is InChI=1S/C24H23N5O5S/c1-17(24(30)14-11-19(12-15-24)18-5-3-2-4-6-18)26-23-25-16-13-22(27-23)28-35(33,34)21-9-7-20(8-10-21)29(31)32/h2-14,16-17,30H,15H2,1H3,(H2,25,26,27,28). The van der Waals surface area contributed by atoms with Gasteiger partial charge in [0.2, 0.25) is 5.95 Å². The number of aromatic nitrogens is 2. The fourth-order valence-electron chi connectivity index (χ4n) is 3.56. The van der Waals surface area contributed by atoms with Crippen LogP contribution < -0.4 is 10.0 Å². The Labute approximate surface area is 202 Å². The second-order valence-corrected chi connectivity index (χ2v) is 9.72. The van der Waals surface area contributed by atoms with Gasteiger partial charge in [-0.2, -0.15) is 4.98 Å². The lowest BCUT2D eigenvalue weighted by molar-refractivity contribution is -0.384. The molecule has 4 rings (SSSR count). The second kappa shape index (κ2) is 9.65. The molecule has 0 amide bonds. The molecule has 1 aliphatic carbocycles. The second-order valence-electron chi connectivity index (χ2n) is 8.04. The van der Waals surface area contributed by atoms with Crippen LogP contribution in [0.5, 0.6) is 0 Å². The zero-order chi connectivity index (χ0) is 25.1. The molecule has 10 nitrogen and oxygen atoms in total. The highest BCUT2D eigenvalue weighted by Crippen LogP contribution is 2.30. The lowest BCUT2D eigenvalue weighted by Crippen LogP contribution is -2.44. The number of sulfonamides is 1. The predicted molar refractivity (Wildman–Crippen MR) is 132 cm³/mol. The molecule has 1 aliphatic rings. The van der Waals surface area contributed by atoms with Crippen molar-refractivity contribution in [3.63, 3.8) is 0 Å². The molecule has 0 fully saturated rings. The summed E-state index contributed by atoms with van der Waals surface area (Å²) in [5.41, 5.74) is 0.659. The average molecular weight is 494 g/mol. The van der Waals surface area contributed by atoms with Gasteiger partial charge in [-0.3, -0.25) is 14.8 Å². The van der Waals surface area contributed by atoms with Crippen LogP contribution in [0.1, 0.15) is 18.9 Å². The van der Waals surface area contributed by atoms with Crippen LogP contribution in [0.3, 0.4) is 0 Å². The van der Waals surface area contributed by atoms with Crippen LogP contribution in [0.25, 0.3) is 5.57 Å². The topological polar surface area (TPSA) is 147 Å². The molecule has 3 aromatic rings. The van der Waals surface area contributed by atoms with Gasteiger partial charge in [0.15, 0.2) is 0 Å². The Kier molecular flexibility index (Phi) is 6.63. The summed E-state index contributed by atoms with van der Waals surface area (Å²) in [6.07, 6.45) is 7.31. The third-order valence-electron chi connectivity index (χ3n) is 5.66. The first kappa shape index (κ1) is 24.0. The predicted octanol–water partition coefficient (Wildman–Crippen LogP) is 3.76. The van der Waals surface area contributed by atoms with Gasteiger partial charge in [0.1, 0.15) is 11.4 Å². The quantitative estimate of drug-likeness (QED) is 0.317. The highest BCUT2D eigenvalue weighted by molar-refractivity contribution is 7.92. The van der Waals surface area contributed by atoms with Crippen molar-refractivity contribution in [3.05, 3.63) is 101 Å². The largest absolute Gasteiger partial charge is 0.383 e. The van der Waals surface area contributed by atoms with Crippen molar-refractivity contribution in [2.75, 3.05) is 10.0 Å². The SMILES string of the molecule is CC(Nc1nccc(NS(=O)(=O)c2ccc([N+](=O)[O-])cc2)n1)C1(O)C=CC(c2ccccc2)=CC1. The first-order valence-electron chi connectivity index (χ1n) is 10.7. The first-order chi connectivity index (χ1) is 16.7. The summed E-state index contributed by atoms with van der Waals surface area (Å²) in [5, 5.41) is 24.9. The summed E-state index contributed by atoms with van der Waals surface area (Å²) in [4.78, 5) is 18.3. The van der Waals surface area contributed by atoms with Crippen LogP contribution >= 0.6 is 0 Å². The minimum atomic E-state index is -4.03. The third kappa shape index (κ3) is 5.53. The molecule has 2 aromatic carbocycles. The van der Waals surface area contributed by atoms with Crippen LogP contribution in [-0.2, 0) is 10.0 Å². The van der Waals surface area contributed by atoms with E-state index in [1.807, 2.05) is 42.5 Å². The molecule has 11 heteroatoms. The summed E-state index contributed by atoms with van der Waals surface area (Å²) in [7, 11) is -4.03. The van der Waals surface area contributed by atoms with Gasteiger partial charge in [0.25, 0.3) is 15.7 Å². The number of allylic oxidation sites excluding steroid dienone is 2. The van der Waals surface area contributed by atoms with Crippen LogP contribution in [0.2, 0.25) is 0 Å². The van der Waals surface area contributed by atoms with Crippen molar-refractivity contribution in [2.45, 2.75) is 29.9 Å². The fraction of sp³-hybridized carbons (Fsp3) is 0.167. The van der Waals surface area contributed by atoms with E-state index in [1.54, 1.807) is 13.0 Å². The van der Waals surface area contributed by atoms with E-state index in [0.717, 1.165) is 35.4 Å². The molecule has 1 aromatic heterocycles. The van der Waals surface area contributed by atoms with Crippen molar-refractivity contribution in [3.8, 4) is 0 Å². The Balaban J connectivity index is 1.44. The molecule has 0 radical (unpaired) electrons. The zero-order valence-corrected chi connectivity index (χ0v) is 19.5. The highest BCUT2D eigenvalue weighted by Gasteiger charge is 2.32. The Hall–Kier alpha value is -4.09. The molecule has 3 N–H and O–H groups in total. The molecule has 35 heavy (non-hydrogen) atoms. The number of hydrogen-bond donors (Lipinski definition) is 3. The van der Waals surface area contributed by atoms with Gasteiger partial charge in [0, 0.05) is 24.8 Å². The van der Waals surface area contributed by atoms with E-state index in [0.29, 0.717) is 6.42 Å². The first-order valence-corrected chi connectivity index (χ1v) is 12.2. The number of benzene rings is 2. The minimum Gasteiger partial charge on any atom is -0.383 e. The highest BCUT2D eigenvalue weighted by atomic mass is 32.2. The summed E-state index contributed by atoms with van der Waals surface area (Å²) >= 11 is 0. The molecular weight excluding hydrogens is 470 g/mol. The van der Waals surface area contributed by atoms with Crippen molar-refractivity contribution >= 4 is 33.0 Å². The molecule has 0 aliphatic heterocycles. The lowest BCUT2D eigenvalue weighted by atomic mass is 9.85. The maximum atomic E-state index is 12.6. The van der Waals surface area contributed by atoms with E-state index < -0.39 is 26.6 Å². The number of rotatable bonds is 8. The molecule has 0 bridgehead atoms. The Bertz CT molecular complexity index is 1390. The Morgan fingerprint density at radius 2 is 1.83 bits per heavy atom. The molecule has 0 saturated carbocycles. The number of hydrogen-bond acceptors (Lipinski definition) is 8. The maximum Gasteiger partial charge on any atom is 0.269 e. The number of nitro benzene ring substituents is 1. The van der Waals surface area contributed by atoms with E-state index in [2.05, 4.69) is 20.0 Å². The van der Waals surface area contributed by atoms with Gasteiger partial charge in [-0.25, -0.2) is 13.4 Å². The van der Waals surface area contributed by atoms with Gasteiger partial charge in [-0.05, 0) is 36.3 Å². The van der Waals surface area contributed by atoms with Gasteiger partial charge in [0.05, 0.1) is 15.9 Å². The maximum absolute atomic E-state index is 12.6. The molecular formula is C24H23N5O5S. The zero-order valence-electron chi connectivity index (χ0n) is 18.7. The van der Waals surface area contributed by atoms with E-state index in [-0.39, 0.29) is 22.3 Å². The lowest BCUT2D eigenvalue weighted by Gasteiger charge is -2.33. The number of nitrogens with zero attached hydrogens (tertiary/aromatic N) is 3. The van der Waals surface area contributed by atoms with E-state index >= 15 is 0 Å². The van der Waals surface area contributed by atoms with Crippen molar-refractivity contribution in [1.29, 1.82) is 0 Å². The number of nitrogens with one attached hydrogen (secondary N) is 2. The van der Waals surface area contributed by atoms with Gasteiger partial charge >= 0.3 is 0 Å². The average Bonchev–Trinajstić information content (AvgIpc) is 2.85. The Morgan fingerprint density at radius 3 is 2.46 bits per heavy atom. The fourth-order valence-corrected chi connectivity index (χ4v) is 4.56. The molecule has 2 atom stereocenters. The van der Waals surface area contributed by atoms with Crippen LogP contribution in [0, 0.1) is 10.1 Å². The molecule has 0 spiro atoms. The summed E-state index contributed by atoms with van der Waals surface area (Å²) in [6.45, 7) is 1.78. The number of non-ortho nitro benzene ring substituents is 1. The Morgan fingerprint density at radius 1 is 1.11 bits per heavy atom. The van der Waals surface area contributed by atoms with Crippen molar-refractivity contribution in [2.24, 2.45) is 0 Å².